The van der Waals surface area contributed by atoms with Gasteiger partial charge in [-0.2, -0.15) is 0 Å². The molecule has 1 aromatic heterocycles. The molecule has 1 aromatic rings. The summed E-state index contributed by atoms with van der Waals surface area (Å²) in [5, 5.41) is 8.09. The van der Waals surface area contributed by atoms with E-state index in [2.05, 4.69) is 14.9 Å². The maximum atomic E-state index is 11.4. The van der Waals surface area contributed by atoms with Gasteiger partial charge in [-0.1, -0.05) is 4.49 Å². The molecule has 0 bridgehead atoms. The van der Waals surface area contributed by atoms with Crippen LogP contribution in [0.15, 0.2) is 5.38 Å². The molecule has 2 rings (SSSR count). The molecular weight excluding hydrogens is 222 g/mol. The fraction of sp³-hybridized carbons (Fsp3) is 0.625. The fourth-order valence-electron chi connectivity index (χ4n) is 1.17. The van der Waals surface area contributed by atoms with Crippen molar-refractivity contribution in [1.29, 1.82) is 0 Å². The van der Waals surface area contributed by atoms with Crippen molar-refractivity contribution >= 4 is 29.0 Å². The molecule has 1 fully saturated rings. The average Bonchev–Trinajstić information content (AvgIpc) is 2.90. The Labute approximate surface area is 90.8 Å². The van der Waals surface area contributed by atoms with Crippen LogP contribution < -0.4 is 5.32 Å². The molecule has 0 aromatic carbocycles. The lowest BCUT2D eigenvalue weighted by Crippen LogP contribution is -2.30. The second kappa shape index (κ2) is 4.23. The Hall–Kier alpha value is -0.680. The summed E-state index contributed by atoms with van der Waals surface area (Å²) in [6.07, 6.45) is 2.37. The van der Waals surface area contributed by atoms with Crippen LogP contribution in [0, 0.1) is 5.92 Å². The molecule has 4 nitrogen and oxygen atoms in total. The number of halogens is 1. The van der Waals surface area contributed by atoms with Crippen molar-refractivity contribution in [2.24, 2.45) is 5.92 Å². The molecule has 14 heavy (non-hydrogen) atoms. The predicted octanol–water partition coefficient (Wildman–Crippen LogP) is 1.29. The normalized spacial score (nSPS) is 17.8. The monoisotopic (exact) mass is 231 g/mol. The van der Waals surface area contributed by atoms with Crippen molar-refractivity contribution in [3.63, 3.8) is 0 Å². The third-order valence-corrected chi connectivity index (χ3v) is 3.20. The van der Waals surface area contributed by atoms with E-state index in [-0.39, 0.29) is 11.3 Å². The van der Waals surface area contributed by atoms with Crippen LogP contribution in [0.4, 0.5) is 0 Å². The molecule has 1 saturated carbocycles. The summed E-state index contributed by atoms with van der Waals surface area (Å²) in [5.74, 6) is 0.399. The van der Waals surface area contributed by atoms with E-state index in [1.807, 2.05) is 0 Å². The zero-order chi connectivity index (χ0) is 9.97. The zero-order valence-corrected chi connectivity index (χ0v) is 9.01. The first-order valence-electron chi connectivity index (χ1n) is 4.46. The lowest BCUT2D eigenvalue weighted by molar-refractivity contribution is 0.0948. The number of carbonyl (C=O) groups is 1. The van der Waals surface area contributed by atoms with Crippen LogP contribution in [-0.4, -0.2) is 27.4 Å². The number of amides is 1. The Bertz CT molecular complexity index is 312. The Balaban J connectivity index is 1.77. The van der Waals surface area contributed by atoms with Gasteiger partial charge in [0.2, 0.25) is 0 Å². The highest BCUT2D eigenvalue weighted by atomic mass is 35.5. The van der Waals surface area contributed by atoms with Gasteiger partial charge in [0.05, 0.1) is 5.38 Å². The summed E-state index contributed by atoms with van der Waals surface area (Å²) in [6.45, 7) is 0.516. The van der Waals surface area contributed by atoms with Crippen LogP contribution in [0.3, 0.4) is 0 Å². The van der Waals surface area contributed by atoms with Gasteiger partial charge in [0.15, 0.2) is 5.69 Å². The van der Waals surface area contributed by atoms with Crippen molar-refractivity contribution in [2.75, 3.05) is 6.54 Å². The maximum absolute atomic E-state index is 11.4. The lowest BCUT2D eigenvalue weighted by atomic mass is 10.3. The van der Waals surface area contributed by atoms with Gasteiger partial charge in [-0.15, -0.1) is 16.7 Å². The molecule has 1 aliphatic carbocycles. The second-order valence-corrected chi connectivity index (χ2v) is 4.52. The van der Waals surface area contributed by atoms with E-state index >= 15 is 0 Å². The van der Waals surface area contributed by atoms with Crippen molar-refractivity contribution in [3.05, 3.63) is 11.1 Å². The van der Waals surface area contributed by atoms with Crippen LogP contribution in [-0.2, 0) is 0 Å². The summed E-state index contributed by atoms with van der Waals surface area (Å²) in [7, 11) is 0. The van der Waals surface area contributed by atoms with Gasteiger partial charge in [0.25, 0.3) is 5.91 Å². The molecule has 1 heterocycles. The highest BCUT2D eigenvalue weighted by Crippen LogP contribution is 2.35. The SMILES string of the molecule is O=C(NCC(Cl)C1CC1)c1csnn1. The summed E-state index contributed by atoms with van der Waals surface area (Å²) >= 11 is 7.20. The van der Waals surface area contributed by atoms with E-state index in [0.717, 1.165) is 0 Å². The third kappa shape index (κ3) is 2.42. The fourth-order valence-corrected chi connectivity index (χ4v) is 1.93. The Morgan fingerprint density at radius 2 is 2.57 bits per heavy atom. The number of rotatable bonds is 4. The first kappa shape index (κ1) is 9.86. The second-order valence-electron chi connectivity index (χ2n) is 3.35. The van der Waals surface area contributed by atoms with Gasteiger partial charge in [0.1, 0.15) is 0 Å². The van der Waals surface area contributed by atoms with Crippen LogP contribution >= 0.6 is 23.1 Å². The predicted molar refractivity (Wildman–Crippen MR) is 54.6 cm³/mol. The van der Waals surface area contributed by atoms with Crippen LogP contribution in [0.5, 0.6) is 0 Å². The Morgan fingerprint density at radius 3 is 3.14 bits per heavy atom. The summed E-state index contributed by atoms with van der Waals surface area (Å²) in [6, 6.07) is 0. The number of carbonyl (C=O) groups excluding carboxylic acids is 1. The number of alkyl halides is 1. The van der Waals surface area contributed by atoms with Crippen LogP contribution in [0.2, 0.25) is 0 Å². The zero-order valence-electron chi connectivity index (χ0n) is 7.44. The molecule has 76 valence electrons. The number of nitrogens with zero attached hydrogens (tertiary/aromatic N) is 2. The van der Waals surface area contributed by atoms with Crippen molar-refractivity contribution in [2.45, 2.75) is 18.2 Å². The first-order valence-corrected chi connectivity index (χ1v) is 5.74. The van der Waals surface area contributed by atoms with Gasteiger partial charge in [0, 0.05) is 11.9 Å². The largest absolute Gasteiger partial charge is 0.349 e. The van der Waals surface area contributed by atoms with Crippen LogP contribution in [0.25, 0.3) is 0 Å². The molecule has 1 N–H and O–H groups in total. The van der Waals surface area contributed by atoms with Gasteiger partial charge >= 0.3 is 0 Å². The van der Waals surface area contributed by atoms with E-state index in [9.17, 15) is 4.79 Å². The number of nitrogens with one attached hydrogen (secondary N) is 1. The molecule has 6 heteroatoms. The van der Waals surface area contributed by atoms with Gasteiger partial charge in [-0.25, -0.2) is 0 Å². The molecular formula is C8H10ClN3OS. The summed E-state index contributed by atoms with van der Waals surface area (Å²) < 4.78 is 3.62. The number of aromatic nitrogens is 2. The molecule has 0 aliphatic heterocycles. The Kier molecular flexibility index (Phi) is 2.98. The molecule has 1 atom stereocenters. The van der Waals surface area contributed by atoms with Crippen molar-refractivity contribution < 1.29 is 4.79 Å². The molecule has 0 spiro atoms. The molecule has 0 saturated heterocycles. The Morgan fingerprint density at radius 1 is 1.79 bits per heavy atom. The lowest BCUT2D eigenvalue weighted by Gasteiger charge is -2.07. The highest BCUT2D eigenvalue weighted by Gasteiger charge is 2.29. The first-order chi connectivity index (χ1) is 6.77. The molecule has 0 radical (unpaired) electrons. The molecule has 1 amide bonds. The topological polar surface area (TPSA) is 54.9 Å². The third-order valence-electron chi connectivity index (χ3n) is 2.18. The van der Waals surface area contributed by atoms with Crippen LogP contribution in [0.1, 0.15) is 23.3 Å². The van der Waals surface area contributed by atoms with Crippen molar-refractivity contribution in [3.8, 4) is 0 Å². The number of hydrogen-bond donors (Lipinski definition) is 1. The molecule has 1 aliphatic rings. The number of hydrogen-bond acceptors (Lipinski definition) is 4. The van der Waals surface area contributed by atoms with E-state index in [4.69, 9.17) is 11.6 Å². The quantitative estimate of drug-likeness (QED) is 0.795. The summed E-state index contributed by atoms with van der Waals surface area (Å²) in [4.78, 5) is 11.4. The molecule has 1 unspecified atom stereocenters. The van der Waals surface area contributed by atoms with Gasteiger partial charge in [-0.3, -0.25) is 4.79 Å². The smallest absolute Gasteiger partial charge is 0.272 e. The van der Waals surface area contributed by atoms with Crippen molar-refractivity contribution in [1.82, 2.24) is 14.9 Å². The summed E-state index contributed by atoms with van der Waals surface area (Å²) in [5.41, 5.74) is 0.370. The van der Waals surface area contributed by atoms with E-state index in [1.54, 1.807) is 5.38 Å². The standard InChI is InChI=1S/C8H10ClN3OS/c9-6(5-1-2-5)3-10-8(13)7-4-14-12-11-7/h4-6H,1-3H2,(H,10,13). The average molecular weight is 232 g/mol. The van der Waals surface area contributed by atoms with E-state index < -0.39 is 0 Å². The minimum Gasteiger partial charge on any atom is -0.349 e. The maximum Gasteiger partial charge on any atom is 0.272 e. The van der Waals surface area contributed by atoms with E-state index in [1.165, 1.54) is 24.4 Å². The van der Waals surface area contributed by atoms with E-state index in [0.29, 0.717) is 18.2 Å². The minimum absolute atomic E-state index is 0.0607. The van der Waals surface area contributed by atoms with Gasteiger partial charge < -0.3 is 5.32 Å². The highest BCUT2D eigenvalue weighted by molar-refractivity contribution is 7.03. The van der Waals surface area contributed by atoms with Gasteiger partial charge in [-0.05, 0) is 30.3 Å². The minimum atomic E-state index is -0.190.